The molecule has 0 saturated carbocycles. The smallest absolute Gasteiger partial charge is 0.250 e. The van der Waals surface area contributed by atoms with Crippen molar-refractivity contribution in [2.75, 3.05) is 6.54 Å². The zero-order valence-corrected chi connectivity index (χ0v) is 12.2. The van der Waals surface area contributed by atoms with E-state index < -0.39 is 10.0 Å². The van der Waals surface area contributed by atoms with Gasteiger partial charge in [0.05, 0.1) is 4.99 Å². The minimum atomic E-state index is -3.42. The Bertz CT molecular complexity index is 493. The molecule has 0 saturated heterocycles. The molecule has 0 fully saturated rings. The molecule has 96 valence electrons. The molecule has 0 aliphatic rings. The predicted octanol–water partition coefficient (Wildman–Crippen LogP) is 1.51. The zero-order valence-electron chi connectivity index (χ0n) is 9.76. The molecule has 0 radical (unpaired) electrons. The van der Waals surface area contributed by atoms with E-state index in [2.05, 4.69) is 4.72 Å². The molecule has 0 aromatic carbocycles. The van der Waals surface area contributed by atoms with Crippen LogP contribution in [0.3, 0.4) is 0 Å². The largest absolute Gasteiger partial charge is 0.393 e. The summed E-state index contributed by atoms with van der Waals surface area (Å²) in [6.07, 6.45) is 0.837. The summed E-state index contributed by atoms with van der Waals surface area (Å²) in [6, 6.07) is 3.45. The van der Waals surface area contributed by atoms with Crippen molar-refractivity contribution in [3.05, 3.63) is 17.0 Å². The summed E-state index contributed by atoms with van der Waals surface area (Å²) in [5.74, 6) is -0.148. The van der Waals surface area contributed by atoms with Crippen molar-refractivity contribution in [1.29, 1.82) is 0 Å². The van der Waals surface area contributed by atoms with Gasteiger partial charge in [0.2, 0.25) is 10.0 Å². The maximum absolute atomic E-state index is 11.9. The van der Waals surface area contributed by atoms with Gasteiger partial charge in [-0.15, -0.1) is 11.3 Å². The molecule has 0 aliphatic heterocycles. The third kappa shape index (κ3) is 4.02. The zero-order chi connectivity index (χ0) is 13.1. The van der Waals surface area contributed by atoms with E-state index in [1.165, 1.54) is 11.3 Å². The van der Waals surface area contributed by atoms with Crippen molar-refractivity contribution in [3.63, 3.8) is 0 Å². The van der Waals surface area contributed by atoms with Crippen LogP contribution in [0.2, 0.25) is 0 Å². The van der Waals surface area contributed by atoms with Gasteiger partial charge < -0.3 is 5.73 Å². The van der Waals surface area contributed by atoms with Gasteiger partial charge in [-0.2, -0.15) is 0 Å². The molecular formula is C10H16N2O2S3. The molecule has 4 nitrogen and oxygen atoms in total. The number of hydrogen-bond acceptors (Lipinski definition) is 4. The normalized spacial score (nSPS) is 13.5. The van der Waals surface area contributed by atoms with E-state index in [-0.39, 0.29) is 12.5 Å². The summed E-state index contributed by atoms with van der Waals surface area (Å²) in [7, 11) is -3.42. The fourth-order valence-corrected chi connectivity index (χ4v) is 3.65. The Morgan fingerprint density at radius 3 is 2.71 bits per heavy atom. The third-order valence-corrected chi connectivity index (χ3v) is 5.86. The molecule has 1 heterocycles. The number of nitrogens with two attached hydrogens (primary N) is 1. The Morgan fingerprint density at radius 2 is 2.24 bits per heavy atom. The Kier molecular flexibility index (Phi) is 5.05. The van der Waals surface area contributed by atoms with Crippen LogP contribution in [0, 0.1) is 5.92 Å². The Morgan fingerprint density at radius 1 is 1.59 bits per heavy atom. The topological polar surface area (TPSA) is 72.2 Å². The molecule has 3 N–H and O–H groups in total. The van der Waals surface area contributed by atoms with Gasteiger partial charge in [-0.25, -0.2) is 13.1 Å². The first-order valence-electron chi connectivity index (χ1n) is 5.24. The van der Waals surface area contributed by atoms with Gasteiger partial charge in [-0.3, -0.25) is 0 Å². The molecule has 1 aromatic heterocycles. The van der Waals surface area contributed by atoms with Crippen LogP contribution < -0.4 is 10.5 Å². The maximum atomic E-state index is 11.9. The fraction of sp³-hybridized carbons (Fsp3) is 0.500. The summed E-state index contributed by atoms with van der Waals surface area (Å²) in [6.45, 7) is 4.01. The minimum absolute atomic E-state index is 0.148. The fourth-order valence-electron chi connectivity index (χ4n) is 1.10. The number of thiophene rings is 1. The number of sulfonamides is 1. The van der Waals surface area contributed by atoms with Gasteiger partial charge >= 0.3 is 0 Å². The van der Waals surface area contributed by atoms with E-state index in [0.717, 1.165) is 11.3 Å². The van der Waals surface area contributed by atoms with Crippen molar-refractivity contribution in [3.8, 4) is 0 Å². The first-order valence-corrected chi connectivity index (χ1v) is 7.95. The van der Waals surface area contributed by atoms with Gasteiger partial charge in [0, 0.05) is 17.3 Å². The summed E-state index contributed by atoms with van der Waals surface area (Å²) < 4.78 is 26.7. The van der Waals surface area contributed by atoms with Crippen molar-refractivity contribution >= 4 is 38.6 Å². The van der Waals surface area contributed by atoms with Crippen LogP contribution in [0.5, 0.6) is 0 Å². The first kappa shape index (κ1) is 14.6. The Labute approximate surface area is 111 Å². The highest BCUT2D eigenvalue weighted by molar-refractivity contribution is 7.91. The average Bonchev–Trinajstić information content (AvgIpc) is 2.75. The molecule has 1 aromatic rings. The van der Waals surface area contributed by atoms with Crippen molar-refractivity contribution in [1.82, 2.24) is 4.72 Å². The lowest BCUT2D eigenvalue weighted by Crippen LogP contribution is -2.33. The van der Waals surface area contributed by atoms with Crippen molar-refractivity contribution < 1.29 is 8.42 Å². The summed E-state index contributed by atoms with van der Waals surface area (Å²) in [4.78, 5) is 1.36. The lowest BCUT2D eigenvalue weighted by molar-refractivity contribution is 0.577. The maximum Gasteiger partial charge on any atom is 0.250 e. The molecule has 0 aliphatic carbocycles. The highest BCUT2D eigenvalue weighted by Crippen LogP contribution is 2.21. The van der Waals surface area contributed by atoms with Crippen molar-refractivity contribution in [2.24, 2.45) is 11.7 Å². The lowest BCUT2D eigenvalue weighted by Gasteiger charge is -2.10. The van der Waals surface area contributed by atoms with E-state index in [9.17, 15) is 8.42 Å². The molecule has 1 rings (SSSR count). The van der Waals surface area contributed by atoms with Crippen LogP contribution in [0.4, 0.5) is 0 Å². The quantitative estimate of drug-likeness (QED) is 0.780. The number of rotatable bonds is 6. The van der Waals surface area contributed by atoms with Crippen LogP contribution in [0.25, 0.3) is 0 Å². The van der Waals surface area contributed by atoms with Gasteiger partial charge in [0.15, 0.2) is 0 Å². The number of aryl methyl sites for hydroxylation is 1. The molecule has 0 amide bonds. The average molecular weight is 292 g/mol. The van der Waals surface area contributed by atoms with Crippen LogP contribution in [-0.2, 0) is 16.4 Å². The molecule has 17 heavy (non-hydrogen) atoms. The summed E-state index contributed by atoms with van der Waals surface area (Å²) in [5, 5.41) is 0. The summed E-state index contributed by atoms with van der Waals surface area (Å²) >= 11 is 6.08. The molecule has 0 spiro atoms. The SMILES string of the molecule is CCc1ccc(S(=O)(=O)NCC(C)C(N)=S)s1. The lowest BCUT2D eigenvalue weighted by atomic mass is 10.2. The van der Waals surface area contributed by atoms with E-state index in [1.54, 1.807) is 13.0 Å². The van der Waals surface area contributed by atoms with Gasteiger partial charge in [-0.1, -0.05) is 26.1 Å². The standard InChI is InChI=1S/C10H16N2O2S3/c1-3-8-4-5-9(16-8)17(13,14)12-6-7(2)10(11)15/h4-5,7,12H,3,6H2,1-2H3,(H2,11,15). The van der Waals surface area contributed by atoms with E-state index in [1.807, 2.05) is 13.0 Å². The second-order valence-corrected chi connectivity index (χ2v) is 7.36. The molecule has 7 heteroatoms. The van der Waals surface area contributed by atoms with Crippen molar-refractivity contribution in [2.45, 2.75) is 24.5 Å². The van der Waals surface area contributed by atoms with Gasteiger partial charge in [-0.05, 0) is 18.6 Å². The second kappa shape index (κ2) is 5.90. The first-order chi connectivity index (χ1) is 7.86. The minimum Gasteiger partial charge on any atom is -0.393 e. The molecular weight excluding hydrogens is 276 g/mol. The Balaban J connectivity index is 2.72. The van der Waals surface area contributed by atoms with Crippen LogP contribution in [-0.4, -0.2) is 20.0 Å². The van der Waals surface area contributed by atoms with Crippen LogP contribution in [0.15, 0.2) is 16.3 Å². The van der Waals surface area contributed by atoms with Gasteiger partial charge in [0.1, 0.15) is 4.21 Å². The van der Waals surface area contributed by atoms with E-state index in [4.69, 9.17) is 18.0 Å². The van der Waals surface area contributed by atoms with E-state index in [0.29, 0.717) is 9.20 Å². The predicted molar refractivity (Wildman–Crippen MR) is 74.8 cm³/mol. The summed E-state index contributed by atoms with van der Waals surface area (Å²) in [5.41, 5.74) is 5.43. The highest BCUT2D eigenvalue weighted by Gasteiger charge is 2.17. The highest BCUT2D eigenvalue weighted by atomic mass is 32.2. The number of nitrogens with one attached hydrogen (secondary N) is 1. The monoisotopic (exact) mass is 292 g/mol. The molecule has 1 atom stereocenters. The number of thiocarbonyl (C=S) groups is 1. The van der Waals surface area contributed by atoms with Crippen LogP contribution in [0.1, 0.15) is 18.7 Å². The third-order valence-electron chi connectivity index (χ3n) is 2.32. The molecule has 1 unspecified atom stereocenters. The second-order valence-electron chi connectivity index (χ2n) is 3.73. The number of hydrogen-bond donors (Lipinski definition) is 2. The van der Waals surface area contributed by atoms with Gasteiger partial charge in [0.25, 0.3) is 0 Å². The molecule has 0 bridgehead atoms. The Hall–Kier alpha value is -0.500. The van der Waals surface area contributed by atoms with Crippen LogP contribution >= 0.6 is 23.6 Å². The van der Waals surface area contributed by atoms with E-state index >= 15 is 0 Å².